The van der Waals surface area contributed by atoms with Crippen LogP contribution in [0.3, 0.4) is 0 Å². The molecule has 21 heavy (non-hydrogen) atoms. The largest absolute Gasteiger partial charge is 0.312 e. The second-order valence-corrected chi connectivity index (χ2v) is 7.20. The lowest BCUT2D eigenvalue weighted by molar-refractivity contribution is 0.599. The van der Waals surface area contributed by atoms with E-state index in [0.29, 0.717) is 12.1 Å². The maximum absolute atomic E-state index is 13.3. The predicted molar refractivity (Wildman–Crippen MR) is 83.6 cm³/mol. The summed E-state index contributed by atoms with van der Waals surface area (Å²) in [6.07, 6.45) is 0. The van der Waals surface area contributed by atoms with Gasteiger partial charge in [-0.1, -0.05) is 13.0 Å². The quantitative estimate of drug-likeness (QED) is 0.856. The van der Waals surface area contributed by atoms with Gasteiger partial charge in [-0.15, -0.1) is 11.3 Å². The Labute approximate surface area is 128 Å². The summed E-state index contributed by atoms with van der Waals surface area (Å²) in [5.41, 5.74) is 0.930. The number of anilines is 1. The SMILES string of the molecule is CCNCc1sccc1S(=O)(=O)Nc1cc(F)ccc1C. The highest BCUT2D eigenvalue weighted by atomic mass is 32.2. The zero-order chi connectivity index (χ0) is 15.5. The molecule has 0 aliphatic heterocycles. The van der Waals surface area contributed by atoms with Gasteiger partial charge in [0.2, 0.25) is 0 Å². The molecule has 1 heterocycles. The van der Waals surface area contributed by atoms with Crippen LogP contribution in [0.15, 0.2) is 34.5 Å². The van der Waals surface area contributed by atoms with Gasteiger partial charge >= 0.3 is 0 Å². The van der Waals surface area contributed by atoms with Gasteiger partial charge in [-0.05, 0) is 42.6 Å². The first-order valence-electron chi connectivity index (χ1n) is 6.50. The Morgan fingerprint density at radius 1 is 1.29 bits per heavy atom. The van der Waals surface area contributed by atoms with E-state index in [0.717, 1.165) is 11.4 Å². The highest BCUT2D eigenvalue weighted by Gasteiger charge is 2.20. The lowest BCUT2D eigenvalue weighted by Crippen LogP contribution is -2.17. The summed E-state index contributed by atoms with van der Waals surface area (Å²) < 4.78 is 40.6. The molecule has 0 bridgehead atoms. The Morgan fingerprint density at radius 2 is 2.05 bits per heavy atom. The number of hydrogen-bond donors (Lipinski definition) is 2. The number of thiophene rings is 1. The molecule has 0 saturated carbocycles. The summed E-state index contributed by atoms with van der Waals surface area (Å²) in [6, 6.07) is 5.59. The summed E-state index contributed by atoms with van der Waals surface area (Å²) in [5.74, 6) is -0.475. The Hall–Kier alpha value is -1.44. The topological polar surface area (TPSA) is 58.2 Å². The van der Waals surface area contributed by atoms with Crippen LogP contribution < -0.4 is 10.0 Å². The zero-order valence-corrected chi connectivity index (χ0v) is 13.4. The number of hydrogen-bond acceptors (Lipinski definition) is 4. The zero-order valence-electron chi connectivity index (χ0n) is 11.8. The van der Waals surface area contributed by atoms with Gasteiger partial charge in [0, 0.05) is 11.4 Å². The third kappa shape index (κ3) is 3.81. The second kappa shape index (κ2) is 6.55. The average Bonchev–Trinajstić information content (AvgIpc) is 2.89. The Balaban J connectivity index is 2.30. The van der Waals surface area contributed by atoms with Crippen LogP contribution in [0.5, 0.6) is 0 Å². The molecule has 4 nitrogen and oxygen atoms in total. The standard InChI is InChI=1S/C14H17FN2O2S2/c1-3-16-9-13-14(6-7-20-13)21(18,19)17-12-8-11(15)5-4-10(12)2/h4-8,16-17H,3,9H2,1-2H3. The van der Waals surface area contributed by atoms with Gasteiger partial charge in [-0.3, -0.25) is 4.72 Å². The van der Waals surface area contributed by atoms with Crippen molar-refractivity contribution in [3.8, 4) is 0 Å². The summed E-state index contributed by atoms with van der Waals surface area (Å²) in [5, 5.41) is 4.84. The molecule has 2 N–H and O–H groups in total. The first kappa shape index (κ1) is 15.9. The van der Waals surface area contributed by atoms with Crippen molar-refractivity contribution < 1.29 is 12.8 Å². The molecule has 0 unspecified atom stereocenters. The lowest BCUT2D eigenvalue weighted by atomic mass is 10.2. The molecule has 0 saturated heterocycles. The van der Waals surface area contributed by atoms with Crippen molar-refractivity contribution in [3.05, 3.63) is 45.9 Å². The fourth-order valence-electron chi connectivity index (χ4n) is 1.84. The van der Waals surface area contributed by atoms with Crippen molar-refractivity contribution in [2.75, 3.05) is 11.3 Å². The molecule has 0 aliphatic carbocycles. The van der Waals surface area contributed by atoms with E-state index in [1.807, 2.05) is 6.92 Å². The molecule has 0 radical (unpaired) electrons. The van der Waals surface area contributed by atoms with Crippen molar-refractivity contribution in [3.63, 3.8) is 0 Å². The lowest BCUT2D eigenvalue weighted by Gasteiger charge is -2.11. The minimum absolute atomic E-state index is 0.233. The van der Waals surface area contributed by atoms with Gasteiger partial charge in [0.05, 0.1) is 5.69 Å². The van der Waals surface area contributed by atoms with Gasteiger partial charge in [0.15, 0.2) is 0 Å². The summed E-state index contributed by atoms with van der Waals surface area (Å²) in [6.45, 7) is 4.93. The minimum Gasteiger partial charge on any atom is -0.312 e. The summed E-state index contributed by atoms with van der Waals surface area (Å²) in [4.78, 5) is 0.968. The third-order valence-corrected chi connectivity index (χ3v) is 5.47. The monoisotopic (exact) mass is 328 g/mol. The van der Waals surface area contributed by atoms with E-state index >= 15 is 0 Å². The van der Waals surface area contributed by atoms with Gasteiger partial charge in [0.1, 0.15) is 10.7 Å². The van der Waals surface area contributed by atoms with Crippen molar-refractivity contribution in [2.45, 2.75) is 25.3 Å². The maximum Gasteiger partial charge on any atom is 0.263 e. The predicted octanol–water partition coefficient (Wildman–Crippen LogP) is 3.11. The van der Waals surface area contributed by atoms with Crippen LogP contribution in [-0.2, 0) is 16.6 Å². The summed E-state index contributed by atoms with van der Waals surface area (Å²) in [7, 11) is -3.72. The van der Waals surface area contributed by atoms with Gasteiger partial charge in [-0.2, -0.15) is 0 Å². The van der Waals surface area contributed by atoms with Crippen molar-refractivity contribution in [2.24, 2.45) is 0 Å². The smallest absolute Gasteiger partial charge is 0.263 e. The number of aryl methyl sites for hydroxylation is 1. The average molecular weight is 328 g/mol. The van der Waals surface area contributed by atoms with Crippen LogP contribution in [0.25, 0.3) is 0 Å². The van der Waals surface area contributed by atoms with Gasteiger partial charge < -0.3 is 5.32 Å². The van der Waals surface area contributed by atoms with E-state index in [2.05, 4.69) is 10.0 Å². The fourth-order valence-corrected chi connectivity index (χ4v) is 4.38. The number of rotatable bonds is 6. The van der Waals surface area contributed by atoms with E-state index in [4.69, 9.17) is 0 Å². The molecule has 0 fully saturated rings. The van der Waals surface area contributed by atoms with E-state index in [-0.39, 0.29) is 10.6 Å². The number of nitrogens with one attached hydrogen (secondary N) is 2. The molecule has 0 aliphatic rings. The van der Waals surface area contributed by atoms with Crippen LogP contribution in [0, 0.1) is 12.7 Å². The van der Waals surface area contributed by atoms with E-state index in [1.54, 1.807) is 24.4 Å². The van der Waals surface area contributed by atoms with Crippen molar-refractivity contribution >= 4 is 27.0 Å². The Kier molecular flexibility index (Phi) is 4.97. The first-order chi connectivity index (χ1) is 9.94. The van der Waals surface area contributed by atoms with Crippen LogP contribution in [0.1, 0.15) is 17.4 Å². The number of halogens is 1. The molecule has 2 rings (SSSR count). The molecule has 1 aromatic heterocycles. The number of sulfonamides is 1. The molecule has 2 aromatic rings. The Morgan fingerprint density at radius 3 is 2.76 bits per heavy atom. The van der Waals surface area contributed by atoms with Gasteiger partial charge in [-0.25, -0.2) is 12.8 Å². The molecular formula is C14H17FN2O2S2. The highest BCUT2D eigenvalue weighted by molar-refractivity contribution is 7.93. The molecular weight excluding hydrogens is 311 g/mol. The normalized spacial score (nSPS) is 11.6. The number of benzene rings is 1. The van der Waals surface area contributed by atoms with E-state index < -0.39 is 15.8 Å². The summed E-state index contributed by atoms with van der Waals surface area (Å²) >= 11 is 1.38. The van der Waals surface area contributed by atoms with Crippen LogP contribution >= 0.6 is 11.3 Å². The molecule has 0 spiro atoms. The molecule has 7 heteroatoms. The van der Waals surface area contributed by atoms with E-state index in [9.17, 15) is 12.8 Å². The highest BCUT2D eigenvalue weighted by Crippen LogP contribution is 2.26. The minimum atomic E-state index is -3.72. The van der Waals surface area contributed by atoms with Crippen molar-refractivity contribution in [1.29, 1.82) is 0 Å². The molecule has 1 aromatic carbocycles. The maximum atomic E-state index is 13.3. The van der Waals surface area contributed by atoms with Crippen LogP contribution in [0.4, 0.5) is 10.1 Å². The molecule has 114 valence electrons. The van der Waals surface area contributed by atoms with E-state index in [1.165, 1.54) is 23.5 Å². The molecule has 0 amide bonds. The first-order valence-corrected chi connectivity index (χ1v) is 8.86. The van der Waals surface area contributed by atoms with Crippen molar-refractivity contribution in [1.82, 2.24) is 5.32 Å². The fraction of sp³-hybridized carbons (Fsp3) is 0.286. The van der Waals surface area contributed by atoms with Crippen LogP contribution in [-0.4, -0.2) is 15.0 Å². The van der Waals surface area contributed by atoms with Gasteiger partial charge in [0.25, 0.3) is 10.0 Å². The van der Waals surface area contributed by atoms with Crippen LogP contribution in [0.2, 0.25) is 0 Å². The Bertz CT molecular complexity index is 726. The third-order valence-electron chi connectivity index (χ3n) is 2.97. The molecule has 0 atom stereocenters. The second-order valence-electron chi connectivity index (χ2n) is 4.55.